The van der Waals surface area contributed by atoms with Gasteiger partial charge in [0.25, 0.3) is 0 Å². The Hall–Kier alpha value is -1.66. The van der Waals surface area contributed by atoms with E-state index in [1.807, 2.05) is 6.08 Å². The standard InChI is InChI=1S/C68H131NO5/c1-3-5-7-9-11-13-15-16-34-38-42-46-50-54-58-62-68(73)74-63-59-55-51-47-43-39-36-33-31-29-27-25-23-21-19-17-18-20-22-24-26-28-30-32-35-37-41-45-49-53-57-61-67(72)69-65(64-70)66(71)60-56-52-48-44-40-14-12-10-8-6-4-2/h16,34,56,60,65-66,70-71H,3-15,17-33,35-55,57-59,61-64H2,1-2H3,(H,69,72)/b34-16-,60-56+. The summed E-state index contributed by atoms with van der Waals surface area (Å²) < 4.78 is 5.49. The number of aliphatic hydroxyl groups excluding tert-OH is 2. The second-order valence-electron chi connectivity index (χ2n) is 23.2. The smallest absolute Gasteiger partial charge is 0.305 e. The Morgan fingerprint density at radius 2 is 0.635 bits per heavy atom. The van der Waals surface area contributed by atoms with Crippen molar-refractivity contribution in [1.82, 2.24) is 5.32 Å². The molecule has 2 unspecified atom stereocenters. The second-order valence-corrected chi connectivity index (χ2v) is 23.2. The lowest BCUT2D eigenvalue weighted by Crippen LogP contribution is -2.45. The molecule has 0 rings (SSSR count). The summed E-state index contributed by atoms with van der Waals surface area (Å²) >= 11 is 0. The summed E-state index contributed by atoms with van der Waals surface area (Å²) in [6, 6.07) is -0.623. The first-order chi connectivity index (χ1) is 36.5. The van der Waals surface area contributed by atoms with Crippen molar-refractivity contribution in [2.45, 2.75) is 386 Å². The van der Waals surface area contributed by atoms with E-state index in [-0.39, 0.29) is 18.5 Å². The fraction of sp³-hybridized carbons (Fsp3) is 0.912. The fourth-order valence-corrected chi connectivity index (χ4v) is 10.6. The normalized spacial score (nSPS) is 12.6. The van der Waals surface area contributed by atoms with Crippen LogP contribution in [0.1, 0.15) is 373 Å². The highest BCUT2D eigenvalue weighted by Gasteiger charge is 2.18. The number of nitrogens with one attached hydrogen (secondary N) is 1. The minimum absolute atomic E-state index is 0.0128. The average Bonchev–Trinajstić information content (AvgIpc) is 3.40. The van der Waals surface area contributed by atoms with Crippen LogP contribution in [0.5, 0.6) is 0 Å². The highest BCUT2D eigenvalue weighted by Crippen LogP contribution is 2.18. The maximum Gasteiger partial charge on any atom is 0.305 e. The molecule has 0 heterocycles. The molecule has 438 valence electrons. The molecule has 1 amide bonds. The first-order valence-electron chi connectivity index (χ1n) is 33.6. The van der Waals surface area contributed by atoms with Crippen LogP contribution >= 0.6 is 0 Å². The van der Waals surface area contributed by atoms with Crippen LogP contribution < -0.4 is 5.32 Å². The lowest BCUT2D eigenvalue weighted by atomic mass is 10.0. The zero-order valence-corrected chi connectivity index (χ0v) is 50.1. The van der Waals surface area contributed by atoms with Gasteiger partial charge in [0.2, 0.25) is 5.91 Å². The summed E-state index contributed by atoms with van der Waals surface area (Å²) in [6.07, 6.45) is 79.7. The first-order valence-corrected chi connectivity index (χ1v) is 33.6. The van der Waals surface area contributed by atoms with Crippen molar-refractivity contribution >= 4 is 11.9 Å². The number of aliphatic hydroxyl groups is 2. The van der Waals surface area contributed by atoms with Gasteiger partial charge in [0, 0.05) is 12.8 Å². The van der Waals surface area contributed by atoms with E-state index in [2.05, 4.69) is 31.3 Å². The number of hydrogen-bond acceptors (Lipinski definition) is 5. The molecule has 0 saturated carbocycles. The van der Waals surface area contributed by atoms with Gasteiger partial charge in [-0.2, -0.15) is 0 Å². The summed E-state index contributed by atoms with van der Waals surface area (Å²) in [5.41, 5.74) is 0. The molecule has 0 radical (unpaired) electrons. The summed E-state index contributed by atoms with van der Waals surface area (Å²) in [7, 11) is 0. The highest BCUT2D eigenvalue weighted by molar-refractivity contribution is 5.76. The fourth-order valence-electron chi connectivity index (χ4n) is 10.6. The number of allylic oxidation sites excluding steroid dienone is 3. The number of amides is 1. The third-order valence-corrected chi connectivity index (χ3v) is 15.7. The Kier molecular flexibility index (Phi) is 62.4. The number of esters is 1. The monoisotopic (exact) mass is 1040 g/mol. The van der Waals surface area contributed by atoms with E-state index in [0.717, 1.165) is 44.9 Å². The van der Waals surface area contributed by atoms with Crippen molar-refractivity contribution < 1.29 is 24.5 Å². The number of ether oxygens (including phenoxy) is 1. The molecule has 0 aliphatic rings. The largest absolute Gasteiger partial charge is 0.466 e. The average molecular weight is 1040 g/mol. The van der Waals surface area contributed by atoms with Crippen molar-refractivity contribution in [2.75, 3.05) is 13.2 Å². The molecular weight excluding hydrogens is 911 g/mol. The Morgan fingerprint density at radius 3 is 0.959 bits per heavy atom. The lowest BCUT2D eigenvalue weighted by molar-refractivity contribution is -0.143. The van der Waals surface area contributed by atoms with Gasteiger partial charge in [-0.3, -0.25) is 9.59 Å². The van der Waals surface area contributed by atoms with Crippen LogP contribution in [0.4, 0.5) is 0 Å². The topological polar surface area (TPSA) is 95.9 Å². The van der Waals surface area contributed by atoms with Gasteiger partial charge in [0.1, 0.15) is 0 Å². The Balaban J connectivity index is 3.31. The molecule has 74 heavy (non-hydrogen) atoms. The summed E-state index contributed by atoms with van der Waals surface area (Å²) in [5.74, 6) is -0.0508. The SMILES string of the molecule is CCCCCCCC/C=C\CCCCCCCC(=O)OCCCCCCCCCCCCCCCCCCCCCCCCCCCCCCCCCC(=O)NC(CO)C(O)/C=C/CCCCCCCCCCC. The van der Waals surface area contributed by atoms with E-state index >= 15 is 0 Å². The van der Waals surface area contributed by atoms with E-state index in [1.54, 1.807) is 6.08 Å². The van der Waals surface area contributed by atoms with Crippen LogP contribution in [0.25, 0.3) is 0 Å². The minimum Gasteiger partial charge on any atom is -0.466 e. The zero-order valence-electron chi connectivity index (χ0n) is 50.1. The van der Waals surface area contributed by atoms with Gasteiger partial charge in [-0.1, -0.05) is 327 Å². The van der Waals surface area contributed by atoms with Gasteiger partial charge >= 0.3 is 5.97 Å². The summed E-state index contributed by atoms with van der Waals surface area (Å²) in [6.45, 7) is 4.91. The molecule has 0 bridgehead atoms. The first kappa shape index (κ1) is 72.3. The zero-order chi connectivity index (χ0) is 53.6. The van der Waals surface area contributed by atoms with Crippen molar-refractivity contribution in [3.8, 4) is 0 Å². The molecule has 6 nitrogen and oxygen atoms in total. The van der Waals surface area contributed by atoms with Gasteiger partial charge in [0.05, 0.1) is 25.4 Å². The molecule has 0 fully saturated rings. The Labute approximate surface area is 462 Å². The van der Waals surface area contributed by atoms with Crippen molar-refractivity contribution in [3.05, 3.63) is 24.3 Å². The van der Waals surface area contributed by atoms with Crippen LogP contribution in [0.15, 0.2) is 24.3 Å². The van der Waals surface area contributed by atoms with Crippen LogP contribution in [0.2, 0.25) is 0 Å². The van der Waals surface area contributed by atoms with E-state index in [0.29, 0.717) is 19.4 Å². The van der Waals surface area contributed by atoms with Crippen LogP contribution in [-0.2, 0) is 14.3 Å². The molecule has 3 N–H and O–H groups in total. The highest BCUT2D eigenvalue weighted by atomic mass is 16.5. The Morgan fingerprint density at radius 1 is 0.365 bits per heavy atom. The van der Waals surface area contributed by atoms with Crippen molar-refractivity contribution in [3.63, 3.8) is 0 Å². The predicted molar refractivity (Wildman–Crippen MR) is 324 cm³/mol. The van der Waals surface area contributed by atoms with E-state index < -0.39 is 12.1 Å². The predicted octanol–water partition coefficient (Wildman–Crippen LogP) is 21.4. The maximum absolute atomic E-state index is 12.4. The van der Waals surface area contributed by atoms with E-state index in [4.69, 9.17) is 4.74 Å². The molecule has 0 aromatic carbocycles. The lowest BCUT2D eigenvalue weighted by Gasteiger charge is -2.20. The molecule has 0 spiro atoms. The quantitative estimate of drug-likeness (QED) is 0.0320. The van der Waals surface area contributed by atoms with Crippen LogP contribution in [0.3, 0.4) is 0 Å². The third kappa shape index (κ3) is 59.6. The third-order valence-electron chi connectivity index (χ3n) is 15.7. The maximum atomic E-state index is 12.4. The van der Waals surface area contributed by atoms with E-state index in [9.17, 15) is 19.8 Å². The van der Waals surface area contributed by atoms with Gasteiger partial charge < -0.3 is 20.3 Å². The summed E-state index contributed by atoms with van der Waals surface area (Å²) in [5, 5.41) is 23.0. The second kappa shape index (κ2) is 63.9. The van der Waals surface area contributed by atoms with Gasteiger partial charge in [-0.05, 0) is 57.8 Å². The molecule has 2 atom stereocenters. The van der Waals surface area contributed by atoms with Gasteiger partial charge in [-0.15, -0.1) is 0 Å². The number of carbonyl (C=O) groups is 2. The number of rotatable bonds is 63. The molecule has 6 heteroatoms. The van der Waals surface area contributed by atoms with Crippen LogP contribution in [0, 0.1) is 0 Å². The summed E-state index contributed by atoms with van der Waals surface area (Å²) in [4.78, 5) is 24.5. The molecular formula is C68H131NO5. The molecule has 0 aliphatic heterocycles. The van der Waals surface area contributed by atoms with Crippen molar-refractivity contribution in [1.29, 1.82) is 0 Å². The minimum atomic E-state index is -0.839. The molecule has 0 aliphatic carbocycles. The molecule has 0 saturated heterocycles. The number of hydrogen-bond donors (Lipinski definition) is 3. The molecule has 0 aromatic heterocycles. The van der Waals surface area contributed by atoms with Crippen LogP contribution in [-0.4, -0.2) is 47.4 Å². The van der Waals surface area contributed by atoms with Gasteiger partial charge in [-0.25, -0.2) is 0 Å². The molecule has 0 aromatic rings. The van der Waals surface area contributed by atoms with E-state index in [1.165, 1.54) is 302 Å². The van der Waals surface area contributed by atoms with Crippen molar-refractivity contribution in [2.24, 2.45) is 0 Å². The van der Waals surface area contributed by atoms with Gasteiger partial charge in [0.15, 0.2) is 0 Å². The number of carbonyl (C=O) groups excluding carboxylic acids is 2. The number of unbranched alkanes of at least 4 members (excludes halogenated alkanes) is 50. The Bertz CT molecular complexity index is 1150.